The minimum absolute atomic E-state index is 0.195. The van der Waals surface area contributed by atoms with E-state index in [2.05, 4.69) is 134 Å². The van der Waals surface area contributed by atoms with Gasteiger partial charge in [0.15, 0.2) is 0 Å². The maximum Gasteiger partial charge on any atom is 0.0462 e. The van der Waals surface area contributed by atoms with E-state index in [-0.39, 0.29) is 5.92 Å². The van der Waals surface area contributed by atoms with Crippen LogP contribution in [-0.4, -0.2) is 6.54 Å². The summed E-state index contributed by atoms with van der Waals surface area (Å²) in [6.45, 7) is 7.90. The van der Waals surface area contributed by atoms with Crippen molar-refractivity contribution in [2.75, 3.05) is 6.54 Å². The van der Waals surface area contributed by atoms with Crippen LogP contribution >= 0.6 is 0 Å². The predicted octanol–water partition coefficient (Wildman–Crippen LogP) is 10.0. The Balaban J connectivity index is 1.54. The third-order valence-corrected chi connectivity index (χ3v) is 9.11. The number of fused-ring (bicyclic) bond motifs is 3. The summed E-state index contributed by atoms with van der Waals surface area (Å²) in [6, 6.07) is 28.9. The van der Waals surface area contributed by atoms with Gasteiger partial charge in [-0.25, -0.2) is 0 Å². The van der Waals surface area contributed by atoms with Crippen LogP contribution in [0.5, 0.6) is 0 Å². The molecular formula is C40H37N. The van der Waals surface area contributed by atoms with Gasteiger partial charge in [0.05, 0.1) is 0 Å². The molecule has 1 N–H and O–H groups in total. The Kier molecular flexibility index (Phi) is 6.80. The van der Waals surface area contributed by atoms with Crippen LogP contribution in [-0.2, 0) is 0 Å². The Bertz CT molecular complexity index is 1630. The highest BCUT2D eigenvalue weighted by molar-refractivity contribution is 5.89. The van der Waals surface area contributed by atoms with Gasteiger partial charge in [-0.3, -0.25) is 0 Å². The minimum Gasteiger partial charge on any atom is -0.384 e. The van der Waals surface area contributed by atoms with E-state index in [0.29, 0.717) is 5.92 Å². The summed E-state index contributed by atoms with van der Waals surface area (Å²) in [5.74, 6) is 0.540. The lowest BCUT2D eigenvalue weighted by atomic mass is 9.68. The molecule has 41 heavy (non-hydrogen) atoms. The van der Waals surface area contributed by atoms with Crippen LogP contribution in [0.4, 0.5) is 0 Å². The molecule has 3 aromatic carbocycles. The summed E-state index contributed by atoms with van der Waals surface area (Å²) >= 11 is 0. The first-order valence-electron chi connectivity index (χ1n) is 15.1. The molecule has 1 aliphatic heterocycles. The molecule has 1 nitrogen and oxygen atoms in total. The Morgan fingerprint density at radius 1 is 0.805 bits per heavy atom. The van der Waals surface area contributed by atoms with Crippen molar-refractivity contribution in [1.82, 2.24) is 5.32 Å². The zero-order valence-electron chi connectivity index (χ0n) is 23.9. The van der Waals surface area contributed by atoms with Crippen LogP contribution in [0.25, 0.3) is 27.8 Å². The Morgan fingerprint density at radius 3 is 2.17 bits per heavy atom. The average molecular weight is 532 g/mol. The third kappa shape index (κ3) is 4.70. The van der Waals surface area contributed by atoms with Crippen molar-refractivity contribution < 1.29 is 0 Å². The molecular weight excluding hydrogens is 494 g/mol. The fourth-order valence-corrected chi connectivity index (χ4v) is 7.20. The molecule has 0 saturated heterocycles. The number of nitrogens with one attached hydrogen (secondary N) is 1. The zero-order valence-corrected chi connectivity index (χ0v) is 23.9. The highest BCUT2D eigenvalue weighted by Crippen LogP contribution is 2.50. The topological polar surface area (TPSA) is 12.0 Å². The van der Waals surface area contributed by atoms with Crippen LogP contribution in [0.1, 0.15) is 38.2 Å². The van der Waals surface area contributed by atoms with Crippen molar-refractivity contribution in [3.8, 4) is 22.3 Å². The molecule has 1 heterocycles. The molecule has 2 atom stereocenters. The molecule has 0 radical (unpaired) electrons. The molecule has 0 amide bonds. The van der Waals surface area contributed by atoms with Crippen molar-refractivity contribution in [3.05, 3.63) is 161 Å². The maximum absolute atomic E-state index is 4.68. The number of rotatable bonds is 4. The first-order valence-corrected chi connectivity index (χ1v) is 15.1. The van der Waals surface area contributed by atoms with Gasteiger partial charge in [-0.2, -0.15) is 0 Å². The molecule has 0 bridgehead atoms. The largest absolute Gasteiger partial charge is 0.384 e. The standard InChI is InChI=1S/C40H37N/c1-3-35-38(34-25-32(28-13-6-4-7-14-28)24-33(26-34)29-15-8-5-9-16-29)37-19-11-10-18-36(37)27(2)23-31-21-20-30-17-12-22-41-40(30)39(31)35/h4-9,12-17,19-21,23-26,36,39,41H,2-3,10-11,18,22H2,1H3/b31-23-,38-35-. The van der Waals surface area contributed by atoms with Crippen molar-refractivity contribution in [1.29, 1.82) is 0 Å². The summed E-state index contributed by atoms with van der Waals surface area (Å²) in [6.07, 6.45) is 18.5. The lowest BCUT2D eigenvalue weighted by molar-refractivity contribution is 0.589. The lowest BCUT2D eigenvalue weighted by Crippen LogP contribution is -2.30. The van der Waals surface area contributed by atoms with Crippen LogP contribution in [0, 0.1) is 11.8 Å². The second-order valence-corrected chi connectivity index (χ2v) is 11.6. The molecule has 1 heteroatoms. The van der Waals surface area contributed by atoms with E-state index >= 15 is 0 Å². The molecule has 0 aromatic heterocycles. The Morgan fingerprint density at radius 2 is 1.49 bits per heavy atom. The van der Waals surface area contributed by atoms with E-state index in [4.69, 9.17) is 0 Å². The van der Waals surface area contributed by atoms with Crippen LogP contribution in [0.2, 0.25) is 0 Å². The molecule has 3 aliphatic carbocycles. The van der Waals surface area contributed by atoms with E-state index in [9.17, 15) is 0 Å². The predicted molar refractivity (Wildman–Crippen MR) is 174 cm³/mol. The maximum atomic E-state index is 4.68. The van der Waals surface area contributed by atoms with E-state index in [1.165, 1.54) is 73.4 Å². The third-order valence-electron chi connectivity index (χ3n) is 9.11. The molecule has 2 unspecified atom stereocenters. The number of hydrogen-bond acceptors (Lipinski definition) is 1. The summed E-state index contributed by atoms with van der Waals surface area (Å²) in [5.41, 5.74) is 16.0. The van der Waals surface area contributed by atoms with Crippen molar-refractivity contribution in [3.63, 3.8) is 0 Å². The zero-order chi connectivity index (χ0) is 27.8. The summed E-state index contributed by atoms with van der Waals surface area (Å²) in [5, 5.41) is 3.78. The fraction of sp³-hybridized carbons (Fsp3) is 0.200. The van der Waals surface area contributed by atoms with E-state index in [1.54, 1.807) is 0 Å². The quantitative estimate of drug-likeness (QED) is 0.353. The molecule has 0 fully saturated rings. The van der Waals surface area contributed by atoms with Gasteiger partial charge in [0.1, 0.15) is 0 Å². The van der Waals surface area contributed by atoms with E-state index in [0.717, 1.165) is 25.8 Å². The molecule has 3 aromatic rings. The van der Waals surface area contributed by atoms with Gasteiger partial charge in [0.2, 0.25) is 0 Å². The second kappa shape index (κ2) is 10.9. The number of allylic oxidation sites excluding steroid dienone is 10. The lowest BCUT2D eigenvalue weighted by Gasteiger charge is -2.38. The minimum atomic E-state index is 0.195. The summed E-state index contributed by atoms with van der Waals surface area (Å²) < 4.78 is 0. The summed E-state index contributed by atoms with van der Waals surface area (Å²) in [7, 11) is 0. The fourth-order valence-electron chi connectivity index (χ4n) is 7.20. The number of dihydropyridines is 1. The Hall–Kier alpha value is -4.36. The van der Waals surface area contributed by atoms with Crippen molar-refractivity contribution in [2.24, 2.45) is 11.8 Å². The van der Waals surface area contributed by atoms with Crippen molar-refractivity contribution in [2.45, 2.75) is 32.6 Å². The first-order chi connectivity index (χ1) is 20.2. The molecule has 0 spiro atoms. The Labute approximate surface area is 244 Å². The highest BCUT2D eigenvalue weighted by atomic mass is 14.9. The molecule has 4 aliphatic rings. The molecule has 7 rings (SSSR count). The van der Waals surface area contributed by atoms with Gasteiger partial charge >= 0.3 is 0 Å². The monoisotopic (exact) mass is 531 g/mol. The first kappa shape index (κ1) is 25.6. The van der Waals surface area contributed by atoms with Gasteiger partial charge in [-0.15, -0.1) is 0 Å². The number of hydrogen-bond donors (Lipinski definition) is 1. The van der Waals surface area contributed by atoms with Crippen molar-refractivity contribution >= 4 is 5.57 Å². The normalized spacial score (nSPS) is 24.7. The van der Waals surface area contributed by atoms with Crippen LogP contribution < -0.4 is 5.32 Å². The number of benzene rings is 3. The van der Waals surface area contributed by atoms with Gasteiger partial charge in [-0.05, 0) is 105 Å². The second-order valence-electron chi connectivity index (χ2n) is 11.6. The van der Waals surface area contributed by atoms with Crippen LogP contribution in [0.3, 0.4) is 0 Å². The van der Waals surface area contributed by atoms with Gasteiger partial charge in [0.25, 0.3) is 0 Å². The molecule has 202 valence electrons. The van der Waals surface area contributed by atoms with Gasteiger partial charge in [-0.1, -0.05) is 111 Å². The highest BCUT2D eigenvalue weighted by Gasteiger charge is 2.35. The van der Waals surface area contributed by atoms with Crippen LogP contribution in [0.15, 0.2) is 155 Å². The SMILES string of the molecule is C=C1/C=C2/C=CC3=C(NCC=C3)C2/C(CC)=C(/c2cc(-c3ccccc3)cc(-c3ccccc3)c2)C2=CCCCC12. The van der Waals surface area contributed by atoms with E-state index in [1.807, 2.05) is 0 Å². The van der Waals surface area contributed by atoms with Gasteiger partial charge in [0, 0.05) is 24.1 Å². The smallest absolute Gasteiger partial charge is 0.0462 e. The molecule has 0 saturated carbocycles. The summed E-state index contributed by atoms with van der Waals surface area (Å²) in [4.78, 5) is 0. The average Bonchev–Trinajstić information content (AvgIpc) is 3.04. The van der Waals surface area contributed by atoms with E-state index < -0.39 is 0 Å². The van der Waals surface area contributed by atoms with Gasteiger partial charge < -0.3 is 5.32 Å².